The van der Waals surface area contributed by atoms with Crippen LogP contribution in [0.15, 0.2) is 41.5 Å². The molecule has 0 amide bonds. The molecule has 0 radical (unpaired) electrons. The molecule has 1 aliphatic rings. The Hall–Kier alpha value is -1.57. The molecule has 154 valence electrons. The van der Waals surface area contributed by atoms with E-state index in [-0.39, 0.29) is 29.4 Å². The van der Waals surface area contributed by atoms with E-state index in [1.807, 2.05) is 11.7 Å². The molecule has 0 bridgehead atoms. The number of halogens is 1. The first-order valence-corrected chi connectivity index (χ1v) is 10.0. The second-order valence-corrected chi connectivity index (χ2v) is 8.04. The summed E-state index contributed by atoms with van der Waals surface area (Å²) in [5.74, 6) is 1.39. The molecule has 28 heavy (non-hydrogen) atoms. The molecule has 3 rings (SSSR count). The molecule has 0 atom stereocenters. The zero-order valence-electron chi connectivity index (χ0n) is 17.8. The van der Waals surface area contributed by atoms with E-state index < -0.39 is 0 Å². The maximum absolute atomic E-state index is 5.01. The minimum absolute atomic E-state index is 0. The first-order valence-electron chi connectivity index (χ1n) is 10.0. The van der Waals surface area contributed by atoms with Crippen LogP contribution in [0.25, 0.3) is 0 Å². The van der Waals surface area contributed by atoms with Gasteiger partial charge in [0.25, 0.3) is 0 Å². The summed E-state index contributed by atoms with van der Waals surface area (Å²) in [5, 5.41) is 8.09. The van der Waals surface area contributed by atoms with Crippen molar-refractivity contribution in [3.8, 4) is 0 Å². The van der Waals surface area contributed by atoms with E-state index in [2.05, 4.69) is 79.7 Å². The van der Waals surface area contributed by atoms with Crippen LogP contribution in [0.4, 0.5) is 0 Å². The largest absolute Gasteiger partial charge is 0.357 e. The van der Waals surface area contributed by atoms with Gasteiger partial charge in [0, 0.05) is 44.4 Å². The number of guanidine groups is 1. The van der Waals surface area contributed by atoms with Gasteiger partial charge in [-0.25, -0.2) is 0 Å². The molecule has 0 spiro atoms. The lowest BCUT2D eigenvalue weighted by Gasteiger charge is -2.23. The van der Waals surface area contributed by atoms with Gasteiger partial charge in [-0.1, -0.05) is 44.2 Å². The predicted octanol–water partition coefficient (Wildman–Crippen LogP) is 4.29. The molecule has 2 aromatic rings. The normalized spacial score (nSPS) is 15.3. The van der Waals surface area contributed by atoms with Crippen LogP contribution >= 0.6 is 24.0 Å². The van der Waals surface area contributed by atoms with Crippen molar-refractivity contribution in [2.75, 3.05) is 20.1 Å². The predicted molar refractivity (Wildman–Crippen MR) is 128 cm³/mol. The van der Waals surface area contributed by atoms with E-state index in [0.717, 1.165) is 25.6 Å². The number of nitrogens with one attached hydrogen (secondary N) is 1. The Bertz CT molecular complexity index is 777. The van der Waals surface area contributed by atoms with E-state index in [1.54, 1.807) is 0 Å². The van der Waals surface area contributed by atoms with Crippen molar-refractivity contribution in [3.05, 3.63) is 53.3 Å². The molecule has 5 nitrogen and oxygen atoms in total. The fourth-order valence-electron chi connectivity index (χ4n) is 3.67. The van der Waals surface area contributed by atoms with Crippen molar-refractivity contribution >= 4 is 29.9 Å². The van der Waals surface area contributed by atoms with Gasteiger partial charge in [-0.2, -0.15) is 5.10 Å². The molecule has 1 saturated carbocycles. The SMILES string of the molecule is CCNC(=NCC1(c2ccccc2)CC1)N(C)Cc1cn(C)nc1C(C)C.I. The van der Waals surface area contributed by atoms with Gasteiger partial charge >= 0.3 is 0 Å². The zero-order chi connectivity index (χ0) is 19.4. The highest BCUT2D eigenvalue weighted by Gasteiger charge is 2.44. The standard InChI is InChI=1S/C22H33N5.HI/c1-6-23-21(24-16-22(12-13-22)19-10-8-7-9-11-19)26(4)14-18-15-27(5)25-20(18)17(2)3;/h7-11,15,17H,6,12-14,16H2,1-5H3,(H,23,24);1H. The Morgan fingerprint density at radius 1 is 1.29 bits per heavy atom. The smallest absolute Gasteiger partial charge is 0.193 e. The first-order chi connectivity index (χ1) is 12.9. The number of hydrogen-bond donors (Lipinski definition) is 1. The van der Waals surface area contributed by atoms with Gasteiger partial charge in [-0.15, -0.1) is 24.0 Å². The lowest BCUT2D eigenvalue weighted by Crippen LogP contribution is -2.39. The van der Waals surface area contributed by atoms with Crippen LogP contribution in [0.5, 0.6) is 0 Å². The van der Waals surface area contributed by atoms with Crippen molar-refractivity contribution < 1.29 is 0 Å². The molecule has 0 unspecified atom stereocenters. The van der Waals surface area contributed by atoms with Crippen LogP contribution in [0, 0.1) is 0 Å². The summed E-state index contributed by atoms with van der Waals surface area (Å²) in [6, 6.07) is 10.8. The molecule has 1 fully saturated rings. The monoisotopic (exact) mass is 495 g/mol. The highest BCUT2D eigenvalue weighted by Crippen LogP contribution is 2.48. The van der Waals surface area contributed by atoms with Crippen molar-refractivity contribution in [2.24, 2.45) is 12.0 Å². The molecule has 1 aromatic carbocycles. The quantitative estimate of drug-likeness (QED) is 0.354. The third-order valence-corrected chi connectivity index (χ3v) is 5.36. The van der Waals surface area contributed by atoms with Gasteiger partial charge in [0.2, 0.25) is 0 Å². The summed E-state index contributed by atoms with van der Waals surface area (Å²) in [6.07, 6.45) is 4.58. The Morgan fingerprint density at radius 2 is 1.96 bits per heavy atom. The van der Waals surface area contributed by atoms with Crippen LogP contribution in [0.2, 0.25) is 0 Å². The fraction of sp³-hybridized carbons (Fsp3) is 0.545. The minimum Gasteiger partial charge on any atom is -0.357 e. The average molecular weight is 495 g/mol. The van der Waals surface area contributed by atoms with Crippen molar-refractivity contribution in [1.29, 1.82) is 0 Å². The van der Waals surface area contributed by atoms with Crippen LogP contribution in [0.1, 0.15) is 56.4 Å². The van der Waals surface area contributed by atoms with E-state index in [1.165, 1.54) is 29.7 Å². The summed E-state index contributed by atoms with van der Waals surface area (Å²) in [6.45, 7) is 9.03. The second-order valence-electron chi connectivity index (χ2n) is 8.04. The molecule has 1 N–H and O–H groups in total. The fourth-order valence-corrected chi connectivity index (χ4v) is 3.67. The highest BCUT2D eigenvalue weighted by molar-refractivity contribution is 14.0. The van der Waals surface area contributed by atoms with Crippen LogP contribution in [0.3, 0.4) is 0 Å². The Balaban J connectivity index is 0.00000280. The maximum atomic E-state index is 5.01. The average Bonchev–Trinajstić information content (AvgIpc) is 3.35. The Morgan fingerprint density at radius 3 is 2.54 bits per heavy atom. The lowest BCUT2D eigenvalue weighted by molar-refractivity contribution is 0.471. The number of rotatable bonds is 7. The summed E-state index contributed by atoms with van der Waals surface area (Å²) < 4.78 is 1.91. The van der Waals surface area contributed by atoms with Crippen molar-refractivity contribution in [2.45, 2.75) is 51.5 Å². The number of aliphatic imine (C=N–C) groups is 1. The lowest BCUT2D eigenvalue weighted by atomic mass is 9.96. The van der Waals surface area contributed by atoms with Gasteiger partial charge in [0.1, 0.15) is 0 Å². The number of benzene rings is 1. The summed E-state index contributed by atoms with van der Waals surface area (Å²) >= 11 is 0. The second kappa shape index (κ2) is 9.76. The highest BCUT2D eigenvalue weighted by atomic mass is 127. The maximum Gasteiger partial charge on any atom is 0.193 e. The molecule has 6 heteroatoms. The number of aromatic nitrogens is 2. The van der Waals surface area contributed by atoms with Gasteiger partial charge in [-0.05, 0) is 31.2 Å². The van der Waals surface area contributed by atoms with Crippen LogP contribution in [-0.4, -0.2) is 40.8 Å². The molecule has 1 heterocycles. The zero-order valence-corrected chi connectivity index (χ0v) is 20.1. The van der Waals surface area contributed by atoms with E-state index >= 15 is 0 Å². The van der Waals surface area contributed by atoms with Gasteiger partial charge in [-0.3, -0.25) is 9.67 Å². The summed E-state index contributed by atoms with van der Waals surface area (Å²) in [5.41, 5.74) is 4.09. The van der Waals surface area contributed by atoms with Crippen molar-refractivity contribution in [3.63, 3.8) is 0 Å². The molecule has 0 saturated heterocycles. The molecule has 0 aliphatic heterocycles. The molecular weight excluding hydrogens is 461 g/mol. The third kappa shape index (κ3) is 5.27. The molecule has 1 aromatic heterocycles. The number of nitrogens with zero attached hydrogens (tertiary/aromatic N) is 4. The summed E-state index contributed by atoms with van der Waals surface area (Å²) in [7, 11) is 4.10. The number of hydrogen-bond acceptors (Lipinski definition) is 2. The van der Waals surface area contributed by atoms with Gasteiger partial charge < -0.3 is 10.2 Å². The molecular formula is C22H34IN5. The third-order valence-electron chi connectivity index (χ3n) is 5.36. The first kappa shape index (κ1) is 22.7. The Kier molecular flexibility index (Phi) is 7.92. The minimum atomic E-state index is 0. The van der Waals surface area contributed by atoms with Gasteiger partial charge in [0.15, 0.2) is 5.96 Å². The van der Waals surface area contributed by atoms with E-state index in [0.29, 0.717) is 5.92 Å². The van der Waals surface area contributed by atoms with Crippen molar-refractivity contribution in [1.82, 2.24) is 20.0 Å². The molecule has 1 aliphatic carbocycles. The summed E-state index contributed by atoms with van der Waals surface area (Å²) in [4.78, 5) is 7.22. The van der Waals surface area contributed by atoms with Crippen LogP contribution in [-0.2, 0) is 19.0 Å². The number of aryl methyl sites for hydroxylation is 1. The van der Waals surface area contributed by atoms with Crippen LogP contribution < -0.4 is 5.32 Å². The Labute approximate surface area is 186 Å². The van der Waals surface area contributed by atoms with Gasteiger partial charge in [0.05, 0.1) is 12.2 Å². The van der Waals surface area contributed by atoms with E-state index in [9.17, 15) is 0 Å². The topological polar surface area (TPSA) is 45.5 Å². The van der Waals surface area contributed by atoms with E-state index in [4.69, 9.17) is 4.99 Å².